The van der Waals surface area contributed by atoms with Crippen molar-refractivity contribution < 1.29 is 5.11 Å². The predicted octanol–water partition coefficient (Wildman–Crippen LogP) is 0.576. The molecule has 1 aliphatic rings. The smallest absolute Gasteiger partial charge is 0.142 e. The van der Waals surface area contributed by atoms with Crippen LogP contribution in [-0.2, 0) is 6.54 Å². The molecule has 0 saturated carbocycles. The molecule has 0 radical (unpaired) electrons. The van der Waals surface area contributed by atoms with Crippen molar-refractivity contribution in [3.05, 3.63) is 36.3 Å². The van der Waals surface area contributed by atoms with Crippen LogP contribution >= 0.6 is 0 Å². The predicted molar refractivity (Wildman–Crippen MR) is 75.4 cm³/mol. The monoisotopic (exact) mass is 284 g/mol. The Morgan fingerprint density at radius 3 is 3.10 bits per heavy atom. The van der Waals surface area contributed by atoms with Crippen molar-refractivity contribution in [3.8, 4) is 6.07 Å². The molecule has 1 N–H and O–H groups in total. The van der Waals surface area contributed by atoms with Crippen molar-refractivity contribution in [1.82, 2.24) is 20.0 Å². The summed E-state index contributed by atoms with van der Waals surface area (Å²) in [5.41, 5.74) is -0.478. The molecule has 3 rings (SSSR count). The second-order valence-corrected chi connectivity index (χ2v) is 5.34. The average molecular weight is 284 g/mol. The fourth-order valence-electron chi connectivity index (χ4n) is 2.72. The fourth-order valence-corrected chi connectivity index (χ4v) is 2.72. The highest BCUT2D eigenvalue weighted by Gasteiger charge is 2.34. The third-order valence-corrected chi connectivity index (χ3v) is 3.66. The number of aromatic nitrogens is 4. The van der Waals surface area contributed by atoms with E-state index in [2.05, 4.69) is 15.3 Å². The van der Waals surface area contributed by atoms with Gasteiger partial charge in [0.1, 0.15) is 23.2 Å². The highest BCUT2D eigenvalue weighted by Crippen LogP contribution is 2.26. The van der Waals surface area contributed by atoms with Gasteiger partial charge in [-0.05, 0) is 25.0 Å². The first kappa shape index (κ1) is 13.5. The SMILES string of the molecule is N#Cc1cccc(N2CCCC(O)(Cn3ccnn3)C2)n1. The second-order valence-electron chi connectivity index (χ2n) is 5.34. The Bertz CT molecular complexity index is 650. The van der Waals surface area contributed by atoms with Gasteiger partial charge in [0.15, 0.2) is 0 Å². The number of nitriles is 1. The summed E-state index contributed by atoms with van der Waals surface area (Å²) in [6, 6.07) is 7.39. The van der Waals surface area contributed by atoms with Crippen molar-refractivity contribution in [2.75, 3.05) is 18.0 Å². The number of β-amino-alcohol motifs (C(OH)–C–C–N with tert-alkyl or cyclic N) is 1. The second kappa shape index (κ2) is 5.50. The molecule has 0 spiro atoms. The molecule has 0 aromatic carbocycles. The van der Waals surface area contributed by atoms with Crippen LogP contribution in [0.15, 0.2) is 30.6 Å². The molecule has 0 aliphatic carbocycles. The van der Waals surface area contributed by atoms with Gasteiger partial charge in [-0.1, -0.05) is 11.3 Å². The van der Waals surface area contributed by atoms with Gasteiger partial charge in [-0.25, -0.2) is 9.67 Å². The lowest BCUT2D eigenvalue weighted by atomic mass is 9.93. The van der Waals surface area contributed by atoms with Crippen LogP contribution in [0.5, 0.6) is 0 Å². The van der Waals surface area contributed by atoms with Crippen LogP contribution in [0.2, 0.25) is 0 Å². The van der Waals surface area contributed by atoms with Gasteiger partial charge in [0.25, 0.3) is 0 Å². The summed E-state index contributed by atoms with van der Waals surface area (Å²) in [5.74, 6) is 0.728. The highest BCUT2D eigenvalue weighted by molar-refractivity contribution is 5.42. The van der Waals surface area contributed by atoms with E-state index in [1.54, 1.807) is 23.1 Å². The maximum Gasteiger partial charge on any atom is 0.142 e. The van der Waals surface area contributed by atoms with Gasteiger partial charge < -0.3 is 10.0 Å². The number of rotatable bonds is 3. The Morgan fingerprint density at radius 1 is 1.43 bits per heavy atom. The third-order valence-electron chi connectivity index (χ3n) is 3.66. The number of hydrogen-bond donors (Lipinski definition) is 1. The lowest BCUT2D eigenvalue weighted by molar-refractivity contribution is 0.00585. The number of anilines is 1. The zero-order valence-electron chi connectivity index (χ0n) is 11.6. The number of pyridine rings is 1. The van der Waals surface area contributed by atoms with Crippen molar-refractivity contribution in [2.45, 2.75) is 25.0 Å². The van der Waals surface area contributed by atoms with E-state index in [0.29, 0.717) is 25.2 Å². The zero-order valence-corrected chi connectivity index (χ0v) is 11.6. The number of aliphatic hydroxyl groups is 1. The van der Waals surface area contributed by atoms with Gasteiger partial charge in [0.05, 0.1) is 12.7 Å². The van der Waals surface area contributed by atoms with Crippen LogP contribution in [0.3, 0.4) is 0 Å². The van der Waals surface area contributed by atoms with E-state index in [9.17, 15) is 5.11 Å². The molecule has 1 atom stereocenters. The molecular formula is C14H16N6O. The van der Waals surface area contributed by atoms with E-state index in [1.807, 2.05) is 23.1 Å². The van der Waals surface area contributed by atoms with Gasteiger partial charge >= 0.3 is 0 Å². The summed E-state index contributed by atoms with van der Waals surface area (Å²) >= 11 is 0. The Morgan fingerprint density at radius 2 is 2.33 bits per heavy atom. The minimum atomic E-state index is -0.865. The van der Waals surface area contributed by atoms with Crippen LogP contribution < -0.4 is 4.90 Å². The van der Waals surface area contributed by atoms with E-state index < -0.39 is 5.60 Å². The number of piperidine rings is 1. The molecule has 1 fully saturated rings. The number of hydrogen-bond acceptors (Lipinski definition) is 6. The van der Waals surface area contributed by atoms with E-state index in [-0.39, 0.29) is 0 Å². The van der Waals surface area contributed by atoms with Crippen LogP contribution in [0.25, 0.3) is 0 Å². The van der Waals surface area contributed by atoms with Crippen LogP contribution in [0.1, 0.15) is 18.5 Å². The third kappa shape index (κ3) is 3.01. The summed E-state index contributed by atoms with van der Waals surface area (Å²) in [5, 5.41) is 27.4. The van der Waals surface area contributed by atoms with E-state index in [0.717, 1.165) is 18.8 Å². The van der Waals surface area contributed by atoms with Gasteiger partial charge in [-0.15, -0.1) is 5.10 Å². The standard InChI is InChI=1S/C14H16N6O/c15-9-12-3-1-4-13(17-12)19-7-2-5-14(21,10-19)11-20-8-6-16-18-20/h1,3-4,6,8,21H,2,5,7,10-11H2. The summed E-state index contributed by atoms with van der Waals surface area (Å²) in [4.78, 5) is 6.31. The van der Waals surface area contributed by atoms with Crippen molar-refractivity contribution in [1.29, 1.82) is 5.26 Å². The van der Waals surface area contributed by atoms with Gasteiger partial charge in [0, 0.05) is 19.3 Å². The maximum absolute atomic E-state index is 10.8. The quantitative estimate of drug-likeness (QED) is 0.886. The summed E-state index contributed by atoms with van der Waals surface area (Å²) in [7, 11) is 0. The Labute approximate surface area is 122 Å². The molecule has 21 heavy (non-hydrogen) atoms. The lowest BCUT2D eigenvalue weighted by Crippen LogP contribution is -2.51. The van der Waals surface area contributed by atoms with Crippen LogP contribution in [0.4, 0.5) is 5.82 Å². The van der Waals surface area contributed by atoms with E-state index >= 15 is 0 Å². The lowest BCUT2D eigenvalue weighted by Gasteiger charge is -2.39. The molecule has 0 bridgehead atoms. The molecule has 7 heteroatoms. The molecule has 2 aromatic heterocycles. The van der Waals surface area contributed by atoms with E-state index in [4.69, 9.17) is 5.26 Å². The van der Waals surface area contributed by atoms with Crippen LogP contribution in [0, 0.1) is 11.3 Å². The minimum absolute atomic E-state index is 0.387. The molecule has 3 heterocycles. The van der Waals surface area contributed by atoms with Crippen LogP contribution in [-0.4, -0.2) is 43.8 Å². The fraction of sp³-hybridized carbons (Fsp3) is 0.429. The molecule has 7 nitrogen and oxygen atoms in total. The van der Waals surface area contributed by atoms with Crippen molar-refractivity contribution >= 4 is 5.82 Å². The Balaban J connectivity index is 1.77. The molecule has 1 unspecified atom stereocenters. The zero-order chi connectivity index (χ0) is 14.7. The van der Waals surface area contributed by atoms with Crippen molar-refractivity contribution in [2.24, 2.45) is 0 Å². The van der Waals surface area contributed by atoms with Gasteiger partial charge in [0.2, 0.25) is 0 Å². The highest BCUT2D eigenvalue weighted by atomic mass is 16.3. The maximum atomic E-state index is 10.8. The molecule has 1 aliphatic heterocycles. The first-order valence-electron chi connectivity index (χ1n) is 6.87. The Kier molecular flexibility index (Phi) is 3.54. The van der Waals surface area contributed by atoms with E-state index in [1.165, 1.54) is 0 Å². The van der Waals surface area contributed by atoms with Gasteiger partial charge in [-0.2, -0.15) is 5.26 Å². The number of nitrogens with zero attached hydrogens (tertiary/aromatic N) is 6. The van der Waals surface area contributed by atoms with Gasteiger partial charge in [-0.3, -0.25) is 0 Å². The topological polar surface area (TPSA) is 90.9 Å². The molecular weight excluding hydrogens is 268 g/mol. The summed E-state index contributed by atoms with van der Waals surface area (Å²) in [6.07, 6.45) is 4.92. The minimum Gasteiger partial charge on any atom is -0.386 e. The largest absolute Gasteiger partial charge is 0.386 e. The summed E-state index contributed by atoms with van der Waals surface area (Å²) < 4.78 is 1.64. The van der Waals surface area contributed by atoms with Crippen molar-refractivity contribution in [3.63, 3.8) is 0 Å². The average Bonchev–Trinajstić information content (AvgIpc) is 2.99. The first-order chi connectivity index (χ1) is 10.2. The first-order valence-corrected chi connectivity index (χ1v) is 6.87. The summed E-state index contributed by atoms with van der Waals surface area (Å²) in [6.45, 7) is 1.69. The Hall–Kier alpha value is -2.46. The molecule has 1 saturated heterocycles. The molecule has 2 aromatic rings. The molecule has 0 amide bonds. The normalized spacial score (nSPS) is 22.0. The molecule has 108 valence electrons.